The number of primary amides is 1. The highest BCUT2D eigenvalue weighted by atomic mass is 16.7. The van der Waals surface area contributed by atoms with E-state index < -0.39 is 36.2 Å². The van der Waals surface area contributed by atoms with E-state index in [0.717, 1.165) is 35.5 Å². The Kier molecular flexibility index (Phi) is 9.89. The fourth-order valence-electron chi connectivity index (χ4n) is 4.57. The van der Waals surface area contributed by atoms with Crippen LogP contribution < -0.4 is 11.5 Å². The predicted molar refractivity (Wildman–Crippen MR) is 156 cm³/mol. The summed E-state index contributed by atoms with van der Waals surface area (Å²) >= 11 is 0. The number of hydrogen-bond acceptors (Lipinski definition) is 8. The molecule has 2 aromatic heterocycles. The number of nitrogens with two attached hydrogens (primary N) is 2. The summed E-state index contributed by atoms with van der Waals surface area (Å²) < 4.78 is 16.6. The number of pyridine rings is 1. The number of fused-ring (bicyclic) bond motifs is 3. The number of nitrogens with zero attached hydrogens (tertiary/aromatic N) is 1. The molecular formula is C31H36N4O7. The van der Waals surface area contributed by atoms with Gasteiger partial charge < -0.3 is 35.8 Å². The van der Waals surface area contributed by atoms with E-state index in [-0.39, 0.29) is 18.3 Å². The summed E-state index contributed by atoms with van der Waals surface area (Å²) in [7, 11) is 0. The molecule has 1 fully saturated rings. The highest BCUT2D eigenvalue weighted by Gasteiger charge is 2.32. The Morgan fingerprint density at radius 3 is 2.38 bits per heavy atom. The smallest absolute Gasteiger partial charge is 0.324 e. The summed E-state index contributed by atoms with van der Waals surface area (Å²) in [6.45, 7) is 5.74. The quantitative estimate of drug-likeness (QED) is 0.217. The molecule has 2 unspecified atom stereocenters. The molecule has 0 saturated carbocycles. The number of nitrogens with one attached hydrogen (secondary N) is 1. The lowest BCUT2D eigenvalue weighted by molar-refractivity contribution is -0.220. The van der Waals surface area contributed by atoms with Crippen LogP contribution in [0.2, 0.25) is 0 Å². The Morgan fingerprint density at radius 2 is 1.71 bits per heavy atom. The molecule has 0 aliphatic carbocycles. The molecule has 11 heteroatoms. The molecule has 1 saturated heterocycles. The van der Waals surface area contributed by atoms with Gasteiger partial charge in [-0.05, 0) is 17.7 Å². The predicted octanol–water partition coefficient (Wildman–Crippen LogP) is 3.29. The van der Waals surface area contributed by atoms with Crippen LogP contribution in [0.5, 0.6) is 0 Å². The van der Waals surface area contributed by atoms with Crippen molar-refractivity contribution in [1.82, 2.24) is 9.97 Å². The number of carboxylic acids is 1. The standard InChI is InChI=1S/C18H20N2O2.C13H16N2O5/c1-18(2)10-21-16(22-11-18)9-15-17-13(7-8-19-15)12-5-3-4-6-14(12)20-17;14-11(9(12(15)18)6-10(16)17)13(19)20-7-8-4-2-1-3-5-8/h3-8,16,20H,9-11H2,1-2H3;1-5,9,11H,6-7,14H2,(H2,15,18)(H,16,17). The Labute approximate surface area is 243 Å². The minimum atomic E-state index is -1.40. The van der Waals surface area contributed by atoms with Gasteiger partial charge in [0.2, 0.25) is 5.91 Å². The van der Waals surface area contributed by atoms with Gasteiger partial charge in [-0.15, -0.1) is 0 Å². The number of H-pyrrole nitrogens is 1. The van der Waals surface area contributed by atoms with Crippen molar-refractivity contribution in [2.45, 2.75) is 45.6 Å². The van der Waals surface area contributed by atoms with Crippen molar-refractivity contribution >= 4 is 39.7 Å². The third kappa shape index (κ3) is 7.90. The molecule has 0 bridgehead atoms. The monoisotopic (exact) mass is 576 g/mol. The number of aromatic nitrogens is 2. The second-order valence-electron chi connectivity index (χ2n) is 11.0. The molecule has 222 valence electrons. The van der Waals surface area contributed by atoms with E-state index in [1.54, 1.807) is 24.3 Å². The van der Waals surface area contributed by atoms with Gasteiger partial charge in [0.05, 0.1) is 36.8 Å². The lowest BCUT2D eigenvalue weighted by Gasteiger charge is -2.34. The first-order valence-electron chi connectivity index (χ1n) is 13.6. The average molecular weight is 577 g/mol. The number of esters is 1. The van der Waals surface area contributed by atoms with E-state index in [0.29, 0.717) is 6.42 Å². The number of rotatable bonds is 9. The number of aromatic amines is 1. The fraction of sp³-hybridized carbons (Fsp3) is 0.355. The van der Waals surface area contributed by atoms with Crippen LogP contribution in [0.4, 0.5) is 0 Å². The summed E-state index contributed by atoms with van der Waals surface area (Å²) in [4.78, 5) is 41.4. The van der Waals surface area contributed by atoms with Gasteiger partial charge in [-0.3, -0.25) is 19.4 Å². The van der Waals surface area contributed by atoms with Crippen molar-refractivity contribution in [3.63, 3.8) is 0 Å². The number of carbonyl (C=O) groups is 3. The van der Waals surface area contributed by atoms with Gasteiger partial charge >= 0.3 is 11.9 Å². The van der Waals surface area contributed by atoms with Crippen molar-refractivity contribution in [2.24, 2.45) is 22.8 Å². The van der Waals surface area contributed by atoms with E-state index in [2.05, 4.69) is 48.1 Å². The maximum Gasteiger partial charge on any atom is 0.324 e. The van der Waals surface area contributed by atoms with Crippen molar-refractivity contribution < 1.29 is 33.7 Å². The van der Waals surface area contributed by atoms with Gasteiger partial charge in [0, 0.05) is 34.3 Å². The van der Waals surface area contributed by atoms with Crippen LogP contribution in [-0.2, 0) is 41.6 Å². The highest BCUT2D eigenvalue weighted by Crippen LogP contribution is 2.29. The number of aliphatic carboxylic acids is 1. The SMILES string of the molecule is CC1(C)COC(Cc2nccc3c2[nH]c2ccccc23)OC1.NC(=O)C(CC(=O)O)C(N)C(=O)OCc1ccccc1. The molecule has 1 aliphatic rings. The number of ether oxygens (including phenoxy) is 3. The maximum absolute atomic E-state index is 11.7. The van der Waals surface area contributed by atoms with E-state index in [1.165, 1.54) is 10.8 Å². The van der Waals surface area contributed by atoms with Crippen molar-refractivity contribution in [1.29, 1.82) is 0 Å². The number of carboxylic acid groups (broad SMARTS) is 1. The summed E-state index contributed by atoms with van der Waals surface area (Å²) in [5, 5.41) is 11.1. The molecule has 5 rings (SSSR count). The third-order valence-corrected chi connectivity index (χ3v) is 6.88. The van der Waals surface area contributed by atoms with Crippen molar-refractivity contribution in [3.8, 4) is 0 Å². The summed E-state index contributed by atoms with van der Waals surface area (Å²) in [5.41, 5.74) is 14.6. The number of amides is 1. The number of carbonyl (C=O) groups excluding carboxylic acids is 2. The summed E-state index contributed by atoms with van der Waals surface area (Å²) in [5.74, 6) is -4.37. The van der Waals surface area contributed by atoms with Gasteiger partial charge in [0.1, 0.15) is 12.6 Å². The van der Waals surface area contributed by atoms with Crippen LogP contribution in [0.1, 0.15) is 31.5 Å². The Morgan fingerprint density at radius 1 is 1.05 bits per heavy atom. The first-order valence-corrected chi connectivity index (χ1v) is 13.6. The van der Waals surface area contributed by atoms with Gasteiger partial charge in [0.25, 0.3) is 0 Å². The fourth-order valence-corrected chi connectivity index (χ4v) is 4.57. The average Bonchev–Trinajstić information content (AvgIpc) is 3.36. The lowest BCUT2D eigenvalue weighted by atomic mass is 9.95. The molecule has 6 N–H and O–H groups in total. The van der Waals surface area contributed by atoms with E-state index >= 15 is 0 Å². The van der Waals surface area contributed by atoms with E-state index in [4.69, 9.17) is 30.8 Å². The van der Waals surface area contributed by atoms with Gasteiger partial charge in [-0.25, -0.2) is 0 Å². The van der Waals surface area contributed by atoms with Crippen molar-refractivity contribution in [2.75, 3.05) is 13.2 Å². The van der Waals surface area contributed by atoms with Gasteiger partial charge in [-0.1, -0.05) is 62.4 Å². The molecule has 0 radical (unpaired) electrons. The zero-order valence-electron chi connectivity index (χ0n) is 23.6. The number of benzene rings is 2. The minimum absolute atomic E-state index is 0.00801. The Balaban J connectivity index is 0.000000194. The summed E-state index contributed by atoms with van der Waals surface area (Å²) in [6, 6.07) is 17.9. The first kappa shape index (κ1) is 30.6. The van der Waals surface area contributed by atoms with Crippen LogP contribution in [0, 0.1) is 11.3 Å². The Hall–Kier alpha value is -4.32. The maximum atomic E-state index is 11.7. The lowest BCUT2D eigenvalue weighted by Crippen LogP contribution is -2.46. The van der Waals surface area contributed by atoms with Crippen LogP contribution in [-0.4, -0.2) is 58.5 Å². The molecule has 2 aromatic carbocycles. The van der Waals surface area contributed by atoms with Crippen molar-refractivity contribution in [3.05, 3.63) is 78.1 Å². The summed E-state index contributed by atoms with van der Waals surface area (Å²) in [6.07, 6.45) is 1.71. The Bertz CT molecular complexity index is 1530. The van der Waals surface area contributed by atoms with E-state index in [9.17, 15) is 14.4 Å². The number of para-hydroxylation sites is 1. The second kappa shape index (κ2) is 13.6. The molecule has 11 nitrogen and oxygen atoms in total. The van der Waals surface area contributed by atoms with Gasteiger partial charge in [0.15, 0.2) is 6.29 Å². The first-order chi connectivity index (χ1) is 20.0. The topological polar surface area (TPSA) is 180 Å². The van der Waals surface area contributed by atoms with E-state index in [1.807, 2.05) is 18.3 Å². The van der Waals surface area contributed by atoms with Crippen LogP contribution in [0.3, 0.4) is 0 Å². The minimum Gasteiger partial charge on any atom is -0.481 e. The largest absolute Gasteiger partial charge is 0.481 e. The third-order valence-electron chi connectivity index (χ3n) is 6.88. The van der Waals surface area contributed by atoms with Crippen LogP contribution in [0.25, 0.3) is 21.8 Å². The number of hydrogen-bond donors (Lipinski definition) is 4. The molecule has 3 heterocycles. The molecule has 1 amide bonds. The zero-order chi connectivity index (χ0) is 30.3. The highest BCUT2D eigenvalue weighted by molar-refractivity contribution is 6.07. The molecule has 2 atom stereocenters. The molecule has 0 spiro atoms. The van der Waals surface area contributed by atoms with Gasteiger partial charge in [-0.2, -0.15) is 0 Å². The molecule has 42 heavy (non-hydrogen) atoms. The van der Waals surface area contributed by atoms with Crippen LogP contribution >= 0.6 is 0 Å². The molecular weight excluding hydrogens is 540 g/mol. The molecule has 4 aromatic rings. The van der Waals surface area contributed by atoms with Crippen LogP contribution in [0.15, 0.2) is 66.9 Å². The normalized spacial score (nSPS) is 16.3. The second-order valence-corrected chi connectivity index (χ2v) is 11.0. The zero-order valence-corrected chi connectivity index (χ0v) is 23.6. The molecule has 1 aliphatic heterocycles.